The lowest BCUT2D eigenvalue weighted by atomic mass is 10.3. The summed E-state index contributed by atoms with van der Waals surface area (Å²) < 4.78 is 32.4. The van der Waals surface area contributed by atoms with Crippen molar-refractivity contribution < 1.29 is 13.2 Å². The van der Waals surface area contributed by atoms with Gasteiger partial charge in [-0.3, -0.25) is 4.90 Å². The smallest absolute Gasteiger partial charge is 0.250 e. The predicted octanol–water partition coefficient (Wildman–Crippen LogP) is 0.329. The molecule has 0 amide bonds. The lowest BCUT2D eigenvalue weighted by Crippen LogP contribution is -2.47. The molecule has 0 radical (unpaired) electrons. The fourth-order valence-electron chi connectivity index (χ4n) is 1.94. The van der Waals surface area contributed by atoms with Crippen LogP contribution in [0.2, 0.25) is 0 Å². The van der Waals surface area contributed by atoms with Crippen LogP contribution in [0.4, 0.5) is 5.69 Å². The van der Waals surface area contributed by atoms with Crippen molar-refractivity contribution in [2.45, 2.75) is 17.2 Å². The minimum absolute atomic E-state index is 0.0965. The topological polar surface area (TPSA) is 84.7 Å². The van der Waals surface area contributed by atoms with Gasteiger partial charge in [-0.25, -0.2) is 13.1 Å². The average Bonchev–Trinajstić information content (AvgIpc) is 2.84. The van der Waals surface area contributed by atoms with Gasteiger partial charge in [0.15, 0.2) is 0 Å². The number of anilines is 1. The largest absolute Gasteiger partial charge is 0.398 e. The van der Waals surface area contributed by atoms with E-state index in [0.717, 1.165) is 31.0 Å². The van der Waals surface area contributed by atoms with Gasteiger partial charge >= 0.3 is 0 Å². The summed E-state index contributed by atoms with van der Waals surface area (Å²) in [6, 6.07) is 1.47. The van der Waals surface area contributed by atoms with E-state index < -0.39 is 10.0 Å². The van der Waals surface area contributed by atoms with Crippen LogP contribution in [-0.4, -0.2) is 52.2 Å². The van der Waals surface area contributed by atoms with Crippen LogP contribution in [0.15, 0.2) is 15.7 Å². The summed E-state index contributed by atoms with van der Waals surface area (Å²) in [6.45, 7) is 5.63. The molecule has 0 aliphatic carbocycles. The summed E-state index contributed by atoms with van der Waals surface area (Å²) in [6.07, 6.45) is -0.0965. The molecule has 6 nitrogen and oxygen atoms in total. The molecule has 2 rings (SSSR count). The highest BCUT2D eigenvalue weighted by atomic mass is 32.2. The van der Waals surface area contributed by atoms with E-state index in [2.05, 4.69) is 16.5 Å². The van der Waals surface area contributed by atoms with Gasteiger partial charge in [-0.2, -0.15) is 0 Å². The molecule has 1 aliphatic heterocycles. The Kier molecular flexibility index (Phi) is 4.80. The maximum atomic E-state index is 12.0. The third kappa shape index (κ3) is 3.90. The van der Waals surface area contributed by atoms with Crippen molar-refractivity contribution in [1.82, 2.24) is 9.62 Å². The lowest BCUT2D eigenvalue weighted by molar-refractivity contribution is -0.0229. The Balaban J connectivity index is 1.91. The van der Waals surface area contributed by atoms with Crippen LogP contribution in [0, 0.1) is 0 Å². The van der Waals surface area contributed by atoms with Crippen molar-refractivity contribution in [3.8, 4) is 0 Å². The van der Waals surface area contributed by atoms with E-state index in [-0.39, 0.29) is 16.9 Å². The van der Waals surface area contributed by atoms with E-state index in [4.69, 9.17) is 10.5 Å². The van der Waals surface area contributed by atoms with E-state index in [1.54, 1.807) is 5.38 Å². The Morgan fingerprint density at radius 1 is 1.63 bits per heavy atom. The van der Waals surface area contributed by atoms with E-state index >= 15 is 0 Å². The zero-order chi connectivity index (χ0) is 13.9. The molecule has 8 heteroatoms. The number of sulfonamides is 1. The number of nitrogens with zero attached hydrogens (tertiary/aromatic N) is 1. The molecule has 0 bridgehead atoms. The number of nitrogens with one attached hydrogen (secondary N) is 1. The Labute approximate surface area is 117 Å². The molecule has 1 aromatic heterocycles. The number of nitrogen functional groups attached to an aromatic ring is 1. The fourth-order valence-corrected chi connectivity index (χ4v) is 4.13. The number of thiophene rings is 1. The second-order valence-electron chi connectivity index (χ2n) is 4.44. The predicted molar refractivity (Wildman–Crippen MR) is 75.8 cm³/mol. The molecule has 3 N–H and O–H groups in total. The third-order valence-electron chi connectivity index (χ3n) is 3.03. The summed E-state index contributed by atoms with van der Waals surface area (Å²) in [5.74, 6) is 0. The molecule has 2 heterocycles. The van der Waals surface area contributed by atoms with Crippen molar-refractivity contribution in [1.29, 1.82) is 0 Å². The molecule has 0 saturated carbocycles. The van der Waals surface area contributed by atoms with Gasteiger partial charge < -0.3 is 10.5 Å². The van der Waals surface area contributed by atoms with Crippen LogP contribution in [0.5, 0.6) is 0 Å². The minimum atomic E-state index is -3.47. The normalized spacial score (nSPS) is 21.6. The molecular weight excluding hydrogens is 286 g/mol. The summed E-state index contributed by atoms with van der Waals surface area (Å²) in [5, 5.41) is 1.62. The summed E-state index contributed by atoms with van der Waals surface area (Å²) in [5.41, 5.74) is 6.01. The summed E-state index contributed by atoms with van der Waals surface area (Å²) in [7, 11) is -3.47. The molecule has 0 aromatic carbocycles. The number of rotatable bonds is 5. The number of ether oxygens (including phenoxy) is 1. The van der Waals surface area contributed by atoms with Gasteiger partial charge in [-0.1, -0.05) is 6.92 Å². The third-order valence-corrected chi connectivity index (χ3v) is 5.91. The molecule has 1 aromatic rings. The van der Waals surface area contributed by atoms with Gasteiger partial charge in [0.1, 0.15) is 4.21 Å². The van der Waals surface area contributed by atoms with Crippen LogP contribution < -0.4 is 10.5 Å². The molecule has 1 atom stereocenters. The highest BCUT2D eigenvalue weighted by Gasteiger charge is 2.23. The van der Waals surface area contributed by atoms with Crippen molar-refractivity contribution in [2.75, 3.05) is 38.5 Å². The Bertz CT molecular complexity index is 515. The molecular formula is C11H19N3O3S2. The van der Waals surface area contributed by atoms with Gasteiger partial charge in [0, 0.05) is 30.7 Å². The van der Waals surface area contributed by atoms with E-state index in [1.165, 1.54) is 6.07 Å². The SMILES string of the molecule is CCN1CCOC(CNS(=O)(=O)c2cc(N)cs2)C1. The second-order valence-corrected chi connectivity index (χ2v) is 7.34. The molecule has 19 heavy (non-hydrogen) atoms. The molecule has 1 unspecified atom stereocenters. The molecule has 0 spiro atoms. The number of hydrogen-bond acceptors (Lipinski definition) is 6. The number of nitrogens with two attached hydrogens (primary N) is 1. The summed E-state index contributed by atoms with van der Waals surface area (Å²) in [4.78, 5) is 2.24. The first kappa shape index (κ1) is 14.7. The van der Waals surface area contributed by atoms with Crippen LogP contribution in [0.1, 0.15) is 6.92 Å². The molecule has 1 aliphatic rings. The van der Waals surface area contributed by atoms with Gasteiger partial charge in [0.2, 0.25) is 10.0 Å². The highest BCUT2D eigenvalue weighted by Crippen LogP contribution is 2.21. The standard InChI is InChI=1S/C11H19N3O3S2/c1-2-14-3-4-17-10(7-14)6-13-19(15,16)11-5-9(12)8-18-11/h5,8,10,13H,2-4,6-7,12H2,1H3. The van der Waals surface area contributed by atoms with Crippen LogP contribution in [0.25, 0.3) is 0 Å². The number of morpholine rings is 1. The molecule has 1 saturated heterocycles. The zero-order valence-corrected chi connectivity index (χ0v) is 12.5. The molecule has 1 fully saturated rings. The number of likely N-dealkylation sites (N-methyl/N-ethyl adjacent to an activating group) is 1. The zero-order valence-electron chi connectivity index (χ0n) is 10.8. The van der Waals surface area contributed by atoms with E-state index in [9.17, 15) is 8.42 Å². The van der Waals surface area contributed by atoms with Gasteiger partial charge in [0.05, 0.1) is 12.7 Å². The van der Waals surface area contributed by atoms with Crippen LogP contribution in [-0.2, 0) is 14.8 Å². The second kappa shape index (κ2) is 6.19. The maximum absolute atomic E-state index is 12.0. The van der Waals surface area contributed by atoms with E-state index in [1.807, 2.05) is 0 Å². The van der Waals surface area contributed by atoms with Crippen molar-refractivity contribution in [3.63, 3.8) is 0 Å². The van der Waals surface area contributed by atoms with Gasteiger partial charge in [-0.05, 0) is 12.6 Å². The Hall–Kier alpha value is -0.670. The van der Waals surface area contributed by atoms with Crippen molar-refractivity contribution in [2.24, 2.45) is 0 Å². The highest BCUT2D eigenvalue weighted by molar-refractivity contribution is 7.91. The van der Waals surface area contributed by atoms with Crippen LogP contribution in [0.3, 0.4) is 0 Å². The van der Waals surface area contributed by atoms with Crippen molar-refractivity contribution in [3.05, 3.63) is 11.4 Å². The maximum Gasteiger partial charge on any atom is 0.250 e. The first-order chi connectivity index (χ1) is 9.01. The summed E-state index contributed by atoms with van der Waals surface area (Å²) >= 11 is 1.12. The van der Waals surface area contributed by atoms with Crippen LogP contribution >= 0.6 is 11.3 Å². The monoisotopic (exact) mass is 305 g/mol. The first-order valence-electron chi connectivity index (χ1n) is 6.19. The van der Waals surface area contributed by atoms with Gasteiger partial charge in [0.25, 0.3) is 0 Å². The van der Waals surface area contributed by atoms with Gasteiger partial charge in [-0.15, -0.1) is 11.3 Å². The van der Waals surface area contributed by atoms with Crippen molar-refractivity contribution >= 4 is 27.0 Å². The Morgan fingerprint density at radius 3 is 3.05 bits per heavy atom. The first-order valence-corrected chi connectivity index (χ1v) is 8.55. The average molecular weight is 305 g/mol. The number of hydrogen-bond donors (Lipinski definition) is 2. The molecule has 108 valence electrons. The van der Waals surface area contributed by atoms with E-state index in [0.29, 0.717) is 12.3 Å². The lowest BCUT2D eigenvalue weighted by Gasteiger charge is -2.31. The quantitative estimate of drug-likeness (QED) is 0.819. The Morgan fingerprint density at radius 2 is 2.42 bits per heavy atom. The fraction of sp³-hybridized carbons (Fsp3) is 0.636. The minimum Gasteiger partial charge on any atom is -0.398 e.